The average Bonchev–Trinajstić information content (AvgIpc) is 3.26. The van der Waals surface area contributed by atoms with E-state index in [4.69, 9.17) is 9.72 Å². The monoisotopic (exact) mass is 443 g/mol. The summed E-state index contributed by atoms with van der Waals surface area (Å²) in [5.41, 5.74) is 3.71. The molecule has 0 bridgehead atoms. The second-order valence-electron chi connectivity index (χ2n) is 8.98. The Morgan fingerprint density at radius 3 is 2.64 bits per heavy atom. The molecule has 1 aliphatic carbocycles. The summed E-state index contributed by atoms with van der Waals surface area (Å²) < 4.78 is 7.42. The van der Waals surface area contributed by atoms with Crippen LogP contribution in [-0.2, 0) is 7.05 Å². The van der Waals surface area contributed by atoms with Gasteiger partial charge >= 0.3 is 0 Å². The van der Waals surface area contributed by atoms with Crippen LogP contribution in [-0.4, -0.2) is 37.4 Å². The maximum absolute atomic E-state index is 5.64. The number of aromatic nitrogens is 5. The number of hydrogen-bond acceptors (Lipinski definition) is 7. The van der Waals surface area contributed by atoms with Crippen molar-refractivity contribution in [3.8, 4) is 16.9 Å². The van der Waals surface area contributed by atoms with E-state index in [1.807, 2.05) is 56.1 Å². The Bertz CT molecular complexity index is 1280. The number of hydrogen-bond donors (Lipinski definition) is 2. The lowest BCUT2D eigenvalue weighted by Crippen LogP contribution is -2.37. The minimum absolute atomic E-state index is 0.0451. The molecule has 0 unspecified atom stereocenters. The summed E-state index contributed by atoms with van der Waals surface area (Å²) >= 11 is 0. The quantitative estimate of drug-likeness (QED) is 0.417. The maximum atomic E-state index is 5.64. The molecule has 33 heavy (non-hydrogen) atoms. The molecular weight excluding hydrogens is 414 g/mol. The number of rotatable bonds is 6. The Balaban J connectivity index is 1.44. The molecule has 5 rings (SSSR count). The van der Waals surface area contributed by atoms with E-state index >= 15 is 0 Å². The smallest absolute Gasteiger partial charge is 0.227 e. The van der Waals surface area contributed by atoms with E-state index in [0.29, 0.717) is 11.7 Å². The molecule has 0 saturated heterocycles. The van der Waals surface area contributed by atoms with Crippen molar-refractivity contribution in [3.63, 3.8) is 0 Å². The molecule has 1 aromatic carbocycles. The van der Waals surface area contributed by atoms with Gasteiger partial charge in [-0.1, -0.05) is 25.3 Å². The fourth-order valence-electron chi connectivity index (χ4n) is 4.52. The van der Waals surface area contributed by atoms with Gasteiger partial charge in [0.15, 0.2) is 5.82 Å². The summed E-state index contributed by atoms with van der Waals surface area (Å²) in [6, 6.07) is 7.93. The zero-order chi connectivity index (χ0) is 22.8. The molecule has 1 saturated carbocycles. The first-order valence-electron chi connectivity index (χ1n) is 11.4. The fourth-order valence-corrected chi connectivity index (χ4v) is 4.52. The van der Waals surface area contributed by atoms with Gasteiger partial charge < -0.3 is 15.4 Å². The van der Waals surface area contributed by atoms with Gasteiger partial charge in [0.05, 0.1) is 19.0 Å². The molecule has 2 N–H and O–H groups in total. The molecule has 0 amide bonds. The highest BCUT2D eigenvalue weighted by atomic mass is 16.5. The maximum Gasteiger partial charge on any atom is 0.227 e. The van der Waals surface area contributed by atoms with Crippen LogP contribution in [0.4, 0.5) is 17.5 Å². The Morgan fingerprint density at radius 2 is 1.88 bits per heavy atom. The van der Waals surface area contributed by atoms with Gasteiger partial charge in [0.25, 0.3) is 0 Å². The number of anilines is 3. The van der Waals surface area contributed by atoms with Gasteiger partial charge in [-0.05, 0) is 43.5 Å². The van der Waals surface area contributed by atoms with Gasteiger partial charge in [-0.25, -0.2) is 15.0 Å². The lowest BCUT2D eigenvalue weighted by molar-refractivity contribution is 0.349. The molecule has 3 heterocycles. The largest absolute Gasteiger partial charge is 0.495 e. The topological polar surface area (TPSA) is 89.8 Å². The highest BCUT2D eigenvalue weighted by Crippen LogP contribution is 2.34. The second kappa shape index (κ2) is 8.69. The standard InChI is InChI=1S/C25H29N7O/c1-25(10-5-4-6-11-25)31-23-22-18(9-12-26-23)14-27-24(30-22)29-20-8-7-17(13-21(20)33-3)19-15-28-32(2)16-19/h7-9,12-16H,4-6,10-11H2,1-3H3,(H,26,31)(H,27,29,30). The summed E-state index contributed by atoms with van der Waals surface area (Å²) in [6.07, 6.45) is 13.5. The summed E-state index contributed by atoms with van der Waals surface area (Å²) in [5, 5.41) is 12.2. The van der Waals surface area contributed by atoms with Crippen LogP contribution in [0.2, 0.25) is 0 Å². The normalized spacial score (nSPS) is 15.4. The van der Waals surface area contributed by atoms with Crippen molar-refractivity contribution in [1.82, 2.24) is 24.7 Å². The molecule has 3 aromatic heterocycles. The summed E-state index contributed by atoms with van der Waals surface area (Å²) in [6.45, 7) is 2.28. The van der Waals surface area contributed by atoms with Crippen LogP contribution in [0.1, 0.15) is 39.0 Å². The van der Waals surface area contributed by atoms with Crippen molar-refractivity contribution < 1.29 is 4.74 Å². The number of aryl methyl sites for hydroxylation is 1. The van der Waals surface area contributed by atoms with Gasteiger partial charge in [-0.2, -0.15) is 5.10 Å². The van der Waals surface area contributed by atoms with Gasteiger partial charge in [0, 0.05) is 42.1 Å². The number of nitrogens with zero attached hydrogens (tertiary/aromatic N) is 5. The van der Waals surface area contributed by atoms with Crippen LogP contribution in [0, 0.1) is 0 Å². The predicted octanol–water partition coefficient (Wildman–Crippen LogP) is 5.31. The number of nitrogens with one attached hydrogen (secondary N) is 2. The van der Waals surface area contributed by atoms with E-state index in [9.17, 15) is 0 Å². The summed E-state index contributed by atoms with van der Waals surface area (Å²) in [4.78, 5) is 13.9. The van der Waals surface area contributed by atoms with Gasteiger partial charge in [0.1, 0.15) is 11.3 Å². The van der Waals surface area contributed by atoms with Gasteiger partial charge in [-0.15, -0.1) is 0 Å². The van der Waals surface area contributed by atoms with Crippen molar-refractivity contribution >= 4 is 28.4 Å². The first-order valence-corrected chi connectivity index (χ1v) is 11.4. The van der Waals surface area contributed by atoms with Crippen molar-refractivity contribution in [1.29, 1.82) is 0 Å². The van der Waals surface area contributed by atoms with Crippen LogP contribution in [0.3, 0.4) is 0 Å². The van der Waals surface area contributed by atoms with Gasteiger partial charge in [-0.3, -0.25) is 4.68 Å². The average molecular weight is 444 g/mol. The highest BCUT2D eigenvalue weighted by Gasteiger charge is 2.27. The number of methoxy groups -OCH3 is 1. The predicted molar refractivity (Wildman–Crippen MR) is 131 cm³/mol. The van der Waals surface area contributed by atoms with Crippen molar-refractivity contribution in [2.75, 3.05) is 17.7 Å². The number of pyridine rings is 1. The second-order valence-corrected chi connectivity index (χ2v) is 8.98. The van der Waals surface area contributed by atoms with E-state index in [2.05, 4.69) is 32.6 Å². The first-order chi connectivity index (χ1) is 16.0. The number of ether oxygens (including phenoxy) is 1. The Morgan fingerprint density at radius 1 is 1.03 bits per heavy atom. The molecule has 0 spiro atoms. The molecule has 1 fully saturated rings. The molecule has 0 radical (unpaired) electrons. The molecular formula is C25H29N7O. The summed E-state index contributed by atoms with van der Waals surface area (Å²) in [7, 11) is 3.56. The van der Waals surface area contributed by atoms with E-state index in [1.54, 1.807) is 11.8 Å². The molecule has 0 aliphatic heterocycles. The van der Waals surface area contributed by atoms with Crippen LogP contribution in [0.5, 0.6) is 5.75 Å². The van der Waals surface area contributed by atoms with Crippen LogP contribution < -0.4 is 15.4 Å². The molecule has 4 aromatic rings. The van der Waals surface area contributed by atoms with E-state index in [0.717, 1.165) is 46.4 Å². The van der Waals surface area contributed by atoms with E-state index in [-0.39, 0.29) is 5.54 Å². The molecule has 0 atom stereocenters. The van der Waals surface area contributed by atoms with E-state index in [1.165, 1.54) is 19.3 Å². The zero-order valence-electron chi connectivity index (χ0n) is 19.3. The third-order valence-electron chi connectivity index (χ3n) is 6.36. The minimum Gasteiger partial charge on any atom is -0.495 e. The lowest BCUT2D eigenvalue weighted by atomic mass is 9.83. The fraction of sp³-hybridized carbons (Fsp3) is 0.360. The lowest BCUT2D eigenvalue weighted by Gasteiger charge is -2.35. The number of benzene rings is 1. The minimum atomic E-state index is 0.0451. The Labute approximate surface area is 193 Å². The van der Waals surface area contributed by atoms with Crippen LogP contribution in [0.15, 0.2) is 49.1 Å². The first kappa shape index (κ1) is 21.2. The molecule has 8 heteroatoms. The van der Waals surface area contributed by atoms with Crippen LogP contribution in [0.25, 0.3) is 22.0 Å². The third-order valence-corrected chi connectivity index (χ3v) is 6.36. The number of fused-ring (bicyclic) bond motifs is 1. The third kappa shape index (κ3) is 4.46. The van der Waals surface area contributed by atoms with Crippen LogP contribution >= 0.6 is 0 Å². The highest BCUT2D eigenvalue weighted by molar-refractivity contribution is 5.88. The zero-order valence-corrected chi connectivity index (χ0v) is 19.3. The Kier molecular flexibility index (Phi) is 5.58. The molecule has 1 aliphatic rings. The van der Waals surface area contributed by atoms with Crippen molar-refractivity contribution in [3.05, 3.63) is 49.1 Å². The van der Waals surface area contributed by atoms with E-state index < -0.39 is 0 Å². The molecule has 170 valence electrons. The molecule has 8 nitrogen and oxygen atoms in total. The SMILES string of the molecule is COc1cc(-c2cnn(C)c2)ccc1Nc1ncc2ccnc(NC3(C)CCCCC3)c2n1. The van der Waals surface area contributed by atoms with Crippen molar-refractivity contribution in [2.24, 2.45) is 7.05 Å². The van der Waals surface area contributed by atoms with Crippen molar-refractivity contribution in [2.45, 2.75) is 44.6 Å². The Hall–Kier alpha value is -3.68. The summed E-state index contributed by atoms with van der Waals surface area (Å²) in [5.74, 6) is 2.01. The van der Waals surface area contributed by atoms with Gasteiger partial charge in [0.2, 0.25) is 5.95 Å².